The summed E-state index contributed by atoms with van der Waals surface area (Å²) in [6.45, 7) is 6.93. The lowest BCUT2D eigenvalue weighted by molar-refractivity contribution is 0.0361. The van der Waals surface area contributed by atoms with E-state index in [1.807, 2.05) is 53.1 Å². The first-order valence-electron chi connectivity index (χ1n) is 10.4. The van der Waals surface area contributed by atoms with Crippen LogP contribution in [0, 0.1) is 0 Å². The summed E-state index contributed by atoms with van der Waals surface area (Å²) in [5.74, 6) is 0.916. The van der Waals surface area contributed by atoms with Crippen LogP contribution >= 0.6 is 0 Å². The monoisotopic (exact) mass is 392 g/mol. The molecule has 0 aliphatic carbocycles. The van der Waals surface area contributed by atoms with E-state index >= 15 is 0 Å². The fraction of sp³-hybridized carbons (Fsp3) is 0.391. The van der Waals surface area contributed by atoms with Gasteiger partial charge >= 0.3 is 5.69 Å². The molecule has 0 amide bonds. The lowest BCUT2D eigenvalue weighted by Gasteiger charge is -2.26. The highest BCUT2D eigenvalue weighted by Gasteiger charge is 2.23. The van der Waals surface area contributed by atoms with Crippen molar-refractivity contribution in [2.45, 2.75) is 25.8 Å². The molecule has 0 bridgehead atoms. The Balaban J connectivity index is 1.72. The summed E-state index contributed by atoms with van der Waals surface area (Å²) in [5.41, 5.74) is 1.91. The van der Waals surface area contributed by atoms with Gasteiger partial charge in [-0.15, -0.1) is 5.10 Å². The second kappa shape index (κ2) is 9.20. The second-order valence-electron chi connectivity index (χ2n) is 7.37. The van der Waals surface area contributed by atoms with E-state index in [2.05, 4.69) is 24.0 Å². The standard InChI is InChI=1S/C23H28N4O2/c1-2-21(19-9-5-3-6-10-19)22-24-27(20-11-7-4-8-12-20)23(28)26(22)14-13-25-15-17-29-18-16-25/h3-12,21H,2,13-18H2,1H3. The molecule has 0 radical (unpaired) electrons. The predicted molar refractivity (Wildman–Crippen MR) is 114 cm³/mol. The van der Waals surface area contributed by atoms with Crippen molar-refractivity contribution < 1.29 is 4.74 Å². The number of hydrogen-bond donors (Lipinski definition) is 0. The van der Waals surface area contributed by atoms with Gasteiger partial charge in [0.1, 0.15) is 5.82 Å². The van der Waals surface area contributed by atoms with E-state index in [0.717, 1.165) is 50.8 Å². The van der Waals surface area contributed by atoms with Crippen molar-refractivity contribution in [2.24, 2.45) is 0 Å². The summed E-state index contributed by atoms with van der Waals surface area (Å²) in [5, 5.41) is 4.82. The summed E-state index contributed by atoms with van der Waals surface area (Å²) in [6.07, 6.45) is 0.882. The Bertz CT molecular complexity index is 960. The molecule has 1 fully saturated rings. The molecule has 1 aromatic heterocycles. The predicted octanol–water partition coefficient (Wildman–Crippen LogP) is 2.91. The summed E-state index contributed by atoms with van der Waals surface area (Å²) in [6, 6.07) is 20.0. The third kappa shape index (κ3) is 4.33. The van der Waals surface area contributed by atoms with Crippen molar-refractivity contribution >= 4 is 0 Å². The Hall–Kier alpha value is -2.70. The van der Waals surface area contributed by atoms with Crippen LogP contribution in [0.15, 0.2) is 65.5 Å². The van der Waals surface area contributed by atoms with Crippen molar-refractivity contribution in [3.8, 4) is 5.69 Å². The lowest BCUT2D eigenvalue weighted by atomic mass is 9.95. The average Bonchev–Trinajstić information content (AvgIpc) is 3.11. The molecule has 3 aromatic rings. The largest absolute Gasteiger partial charge is 0.379 e. The van der Waals surface area contributed by atoms with Gasteiger partial charge < -0.3 is 4.74 Å². The normalized spacial score (nSPS) is 16.0. The third-order valence-corrected chi connectivity index (χ3v) is 5.56. The average molecular weight is 393 g/mol. The fourth-order valence-corrected chi connectivity index (χ4v) is 3.94. The topological polar surface area (TPSA) is 52.3 Å². The first-order chi connectivity index (χ1) is 14.3. The van der Waals surface area contributed by atoms with Crippen LogP contribution in [0.5, 0.6) is 0 Å². The molecule has 2 heterocycles. The minimum absolute atomic E-state index is 0.0751. The molecule has 29 heavy (non-hydrogen) atoms. The summed E-state index contributed by atoms with van der Waals surface area (Å²) < 4.78 is 8.85. The van der Waals surface area contributed by atoms with E-state index in [9.17, 15) is 4.79 Å². The Morgan fingerprint density at radius 3 is 2.28 bits per heavy atom. The summed E-state index contributed by atoms with van der Waals surface area (Å²) in [4.78, 5) is 15.7. The first kappa shape index (κ1) is 19.6. The Labute approximate surface area is 171 Å². The molecule has 6 heteroatoms. The highest BCUT2D eigenvalue weighted by molar-refractivity contribution is 5.31. The van der Waals surface area contributed by atoms with Gasteiger partial charge in [-0.05, 0) is 24.1 Å². The van der Waals surface area contributed by atoms with E-state index in [-0.39, 0.29) is 11.6 Å². The van der Waals surface area contributed by atoms with Crippen molar-refractivity contribution in [3.05, 3.63) is 82.5 Å². The molecule has 1 saturated heterocycles. The zero-order valence-electron chi connectivity index (χ0n) is 16.9. The number of para-hydroxylation sites is 1. The van der Waals surface area contributed by atoms with E-state index in [4.69, 9.17) is 9.84 Å². The third-order valence-electron chi connectivity index (χ3n) is 5.56. The summed E-state index contributed by atoms with van der Waals surface area (Å²) >= 11 is 0. The molecule has 1 aliphatic heterocycles. The minimum atomic E-state index is -0.0751. The number of morpholine rings is 1. The van der Waals surface area contributed by atoms with Gasteiger partial charge in [-0.1, -0.05) is 55.5 Å². The maximum atomic E-state index is 13.3. The molecule has 152 valence electrons. The van der Waals surface area contributed by atoms with Crippen LogP contribution in [0.1, 0.15) is 30.7 Å². The number of rotatable bonds is 7. The molecule has 0 N–H and O–H groups in total. The Morgan fingerprint density at radius 1 is 0.966 bits per heavy atom. The molecule has 4 rings (SSSR count). The molecule has 6 nitrogen and oxygen atoms in total. The molecule has 2 aromatic carbocycles. The SMILES string of the molecule is CCC(c1ccccc1)c1nn(-c2ccccc2)c(=O)n1CCN1CCOCC1. The summed E-state index contributed by atoms with van der Waals surface area (Å²) in [7, 11) is 0. The van der Waals surface area contributed by atoms with Gasteiger partial charge in [0.05, 0.1) is 18.9 Å². The molecule has 0 spiro atoms. The molecular formula is C23H28N4O2. The molecule has 1 unspecified atom stereocenters. The van der Waals surface area contributed by atoms with Gasteiger partial charge in [0.25, 0.3) is 0 Å². The van der Waals surface area contributed by atoms with Crippen LogP contribution in [-0.2, 0) is 11.3 Å². The van der Waals surface area contributed by atoms with Crippen molar-refractivity contribution in [2.75, 3.05) is 32.8 Å². The van der Waals surface area contributed by atoms with Gasteiger partial charge in [-0.3, -0.25) is 9.47 Å². The van der Waals surface area contributed by atoms with E-state index < -0.39 is 0 Å². The van der Waals surface area contributed by atoms with Gasteiger partial charge in [0, 0.05) is 32.1 Å². The number of nitrogens with zero attached hydrogens (tertiary/aromatic N) is 4. The van der Waals surface area contributed by atoms with E-state index in [0.29, 0.717) is 6.54 Å². The van der Waals surface area contributed by atoms with Crippen LogP contribution in [-0.4, -0.2) is 52.1 Å². The highest BCUT2D eigenvalue weighted by Crippen LogP contribution is 2.26. The van der Waals surface area contributed by atoms with Gasteiger partial charge in [-0.25, -0.2) is 4.79 Å². The lowest BCUT2D eigenvalue weighted by Crippen LogP contribution is -2.39. The van der Waals surface area contributed by atoms with Crippen molar-refractivity contribution in [1.29, 1.82) is 0 Å². The number of ether oxygens (including phenoxy) is 1. The Morgan fingerprint density at radius 2 is 1.62 bits per heavy atom. The van der Waals surface area contributed by atoms with Crippen molar-refractivity contribution in [1.82, 2.24) is 19.2 Å². The zero-order valence-corrected chi connectivity index (χ0v) is 16.9. The number of hydrogen-bond acceptors (Lipinski definition) is 4. The number of benzene rings is 2. The van der Waals surface area contributed by atoms with Crippen LogP contribution < -0.4 is 5.69 Å². The first-order valence-corrected chi connectivity index (χ1v) is 10.4. The molecule has 1 atom stereocenters. The Kier molecular flexibility index (Phi) is 6.22. The van der Waals surface area contributed by atoms with Crippen molar-refractivity contribution in [3.63, 3.8) is 0 Å². The van der Waals surface area contributed by atoms with Gasteiger partial charge in [0.2, 0.25) is 0 Å². The quantitative estimate of drug-likeness (QED) is 0.620. The molecule has 1 aliphatic rings. The number of aromatic nitrogens is 3. The van der Waals surface area contributed by atoms with Crippen LogP contribution in [0.25, 0.3) is 5.69 Å². The zero-order chi connectivity index (χ0) is 20.1. The minimum Gasteiger partial charge on any atom is -0.379 e. The fourth-order valence-electron chi connectivity index (χ4n) is 3.94. The maximum Gasteiger partial charge on any atom is 0.350 e. The van der Waals surface area contributed by atoms with E-state index in [1.165, 1.54) is 5.56 Å². The smallest absolute Gasteiger partial charge is 0.350 e. The maximum absolute atomic E-state index is 13.3. The molecular weight excluding hydrogens is 364 g/mol. The van der Waals surface area contributed by atoms with Gasteiger partial charge in [-0.2, -0.15) is 4.68 Å². The highest BCUT2D eigenvalue weighted by atomic mass is 16.5. The van der Waals surface area contributed by atoms with Crippen LogP contribution in [0.4, 0.5) is 0 Å². The second-order valence-corrected chi connectivity index (χ2v) is 7.37. The molecule has 0 saturated carbocycles. The van der Waals surface area contributed by atoms with Crippen LogP contribution in [0.3, 0.4) is 0 Å². The van der Waals surface area contributed by atoms with Crippen LogP contribution in [0.2, 0.25) is 0 Å². The van der Waals surface area contributed by atoms with E-state index in [1.54, 1.807) is 4.68 Å². The van der Waals surface area contributed by atoms with Gasteiger partial charge in [0.15, 0.2) is 0 Å².